The first-order valence-electron chi connectivity index (χ1n) is 8.62. The Balaban J connectivity index is 1.98. The van der Waals surface area contributed by atoms with Gasteiger partial charge in [0.2, 0.25) is 0 Å². The summed E-state index contributed by atoms with van der Waals surface area (Å²) in [5.74, 6) is 0.240. The number of aromatic nitrogens is 1. The molecule has 7 nitrogen and oxygen atoms in total. The second kappa shape index (κ2) is 9.91. The topological polar surface area (TPSA) is 86.8 Å². The van der Waals surface area contributed by atoms with E-state index >= 15 is 0 Å². The number of ether oxygens (including phenoxy) is 3. The normalized spacial score (nSPS) is 11.6. The Kier molecular flexibility index (Phi) is 7.60. The van der Waals surface area contributed by atoms with Crippen LogP contribution in [-0.4, -0.2) is 43.7 Å². The summed E-state index contributed by atoms with van der Waals surface area (Å²) in [5.41, 5.74) is 0.960. The number of nitrogens with one attached hydrogen (secondary N) is 1. The summed E-state index contributed by atoms with van der Waals surface area (Å²) in [7, 11) is 3.12. The molecule has 0 bridgehead atoms. The minimum atomic E-state index is -0.628. The number of hydrogen-bond acceptors (Lipinski definition) is 7. The second-order valence-corrected chi connectivity index (χ2v) is 6.80. The highest BCUT2D eigenvalue weighted by atomic mass is 32.1. The number of esters is 1. The van der Waals surface area contributed by atoms with Gasteiger partial charge < -0.3 is 19.5 Å². The van der Waals surface area contributed by atoms with Crippen molar-refractivity contribution in [1.82, 2.24) is 10.3 Å². The third-order valence-corrected chi connectivity index (χ3v) is 4.70. The number of hydrogen-bond donors (Lipinski definition) is 1. The Bertz CT molecular complexity index is 790. The van der Waals surface area contributed by atoms with Crippen molar-refractivity contribution < 1.29 is 23.8 Å². The molecule has 1 N–H and O–H groups in total. The van der Waals surface area contributed by atoms with Crippen LogP contribution in [0, 0.1) is 0 Å². The molecule has 146 valence electrons. The minimum Gasteiger partial charge on any atom is -0.493 e. The Morgan fingerprint density at radius 3 is 2.63 bits per heavy atom. The SMILES string of the molecule is CCCC(C)NC(=O)COC(=O)c1csc(-c2ccc(OC)c(OC)c2)n1. The molecule has 0 aliphatic rings. The van der Waals surface area contributed by atoms with Gasteiger partial charge in [0.15, 0.2) is 23.8 Å². The zero-order valence-corrected chi connectivity index (χ0v) is 16.7. The fraction of sp³-hybridized carbons (Fsp3) is 0.421. The molecule has 2 aromatic rings. The van der Waals surface area contributed by atoms with Crippen molar-refractivity contribution in [2.45, 2.75) is 32.7 Å². The van der Waals surface area contributed by atoms with Gasteiger partial charge in [0.1, 0.15) is 5.01 Å². The zero-order chi connectivity index (χ0) is 19.8. The molecule has 8 heteroatoms. The number of thiazole rings is 1. The van der Waals surface area contributed by atoms with Gasteiger partial charge in [-0.25, -0.2) is 9.78 Å². The lowest BCUT2D eigenvalue weighted by molar-refractivity contribution is -0.124. The molecule has 2 rings (SSSR count). The molecule has 0 saturated heterocycles. The zero-order valence-electron chi connectivity index (χ0n) is 15.9. The van der Waals surface area contributed by atoms with Crippen molar-refractivity contribution in [1.29, 1.82) is 0 Å². The Hall–Kier alpha value is -2.61. The number of amides is 1. The molecule has 0 saturated carbocycles. The summed E-state index contributed by atoms with van der Waals surface area (Å²) in [6.07, 6.45) is 1.85. The molecule has 1 unspecified atom stereocenters. The van der Waals surface area contributed by atoms with Gasteiger partial charge >= 0.3 is 5.97 Å². The third-order valence-electron chi connectivity index (χ3n) is 3.81. The molecule has 0 aliphatic heterocycles. The van der Waals surface area contributed by atoms with E-state index < -0.39 is 5.97 Å². The van der Waals surface area contributed by atoms with Crippen LogP contribution in [0.1, 0.15) is 37.2 Å². The highest BCUT2D eigenvalue weighted by Crippen LogP contribution is 2.33. The molecule has 1 aromatic heterocycles. The lowest BCUT2D eigenvalue weighted by Crippen LogP contribution is -2.35. The van der Waals surface area contributed by atoms with Crippen molar-refractivity contribution in [3.8, 4) is 22.1 Å². The van der Waals surface area contributed by atoms with Crippen LogP contribution in [-0.2, 0) is 9.53 Å². The quantitative estimate of drug-likeness (QED) is 0.659. The fourth-order valence-corrected chi connectivity index (χ4v) is 3.28. The molecule has 0 fully saturated rings. The predicted octanol–water partition coefficient (Wildman–Crippen LogP) is 3.29. The molecule has 0 aliphatic carbocycles. The highest BCUT2D eigenvalue weighted by Gasteiger charge is 2.16. The Morgan fingerprint density at radius 1 is 1.22 bits per heavy atom. The number of carbonyl (C=O) groups excluding carboxylic acids is 2. The summed E-state index contributed by atoms with van der Waals surface area (Å²) in [5, 5.41) is 5.03. The van der Waals surface area contributed by atoms with Crippen LogP contribution in [0.3, 0.4) is 0 Å². The first-order valence-corrected chi connectivity index (χ1v) is 9.50. The van der Waals surface area contributed by atoms with E-state index in [1.165, 1.54) is 11.3 Å². The van der Waals surface area contributed by atoms with Gasteiger partial charge in [-0.15, -0.1) is 11.3 Å². The van der Waals surface area contributed by atoms with Crippen LogP contribution in [0.25, 0.3) is 10.6 Å². The molecule has 1 heterocycles. The molecule has 0 radical (unpaired) electrons. The van der Waals surface area contributed by atoms with Crippen molar-refractivity contribution in [3.63, 3.8) is 0 Å². The van der Waals surface area contributed by atoms with Gasteiger partial charge in [0, 0.05) is 17.0 Å². The number of rotatable bonds is 9. The van der Waals surface area contributed by atoms with Crippen LogP contribution in [0.2, 0.25) is 0 Å². The van der Waals surface area contributed by atoms with E-state index in [0.29, 0.717) is 16.5 Å². The Morgan fingerprint density at radius 2 is 1.96 bits per heavy atom. The van der Waals surface area contributed by atoms with E-state index in [9.17, 15) is 9.59 Å². The lowest BCUT2D eigenvalue weighted by atomic mass is 10.2. The largest absolute Gasteiger partial charge is 0.493 e. The highest BCUT2D eigenvalue weighted by molar-refractivity contribution is 7.13. The van der Waals surface area contributed by atoms with Crippen LogP contribution in [0.4, 0.5) is 0 Å². The lowest BCUT2D eigenvalue weighted by Gasteiger charge is -2.12. The van der Waals surface area contributed by atoms with Crippen molar-refractivity contribution in [3.05, 3.63) is 29.3 Å². The third kappa shape index (κ3) is 5.68. The summed E-state index contributed by atoms with van der Waals surface area (Å²) in [4.78, 5) is 28.2. The van der Waals surface area contributed by atoms with Gasteiger partial charge in [0.05, 0.1) is 14.2 Å². The molecule has 27 heavy (non-hydrogen) atoms. The van der Waals surface area contributed by atoms with E-state index in [0.717, 1.165) is 18.4 Å². The predicted molar refractivity (Wildman–Crippen MR) is 103 cm³/mol. The maximum absolute atomic E-state index is 12.1. The van der Waals surface area contributed by atoms with E-state index in [2.05, 4.69) is 10.3 Å². The van der Waals surface area contributed by atoms with Crippen LogP contribution in [0.5, 0.6) is 11.5 Å². The summed E-state index contributed by atoms with van der Waals surface area (Å²) >= 11 is 1.31. The molecular weight excluding hydrogens is 368 g/mol. The van der Waals surface area contributed by atoms with Crippen LogP contribution >= 0.6 is 11.3 Å². The van der Waals surface area contributed by atoms with Crippen molar-refractivity contribution >= 4 is 23.2 Å². The average Bonchev–Trinajstić information content (AvgIpc) is 3.16. The maximum Gasteiger partial charge on any atom is 0.358 e. The van der Waals surface area contributed by atoms with Crippen LogP contribution in [0.15, 0.2) is 23.6 Å². The summed E-state index contributed by atoms with van der Waals surface area (Å²) in [6, 6.07) is 5.44. The van der Waals surface area contributed by atoms with Gasteiger partial charge in [-0.2, -0.15) is 0 Å². The van der Waals surface area contributed by atoms with Gasteiger partial charge in [-0.05, 0) is 31.5 Å². The molecule has 1 atom stereocenters. The first kappa shape index (κ1) is 20.7. The molecule has 1 aromatic carbocycles. The van der Waals surface area contributed by atoms with E-state index in [1.807, 2.05) is 19.9 Å². The number of benzene rings is 1. The number of methoxy groups -OCH3 is 2. The molecular formula is C19H24N2O5S. The average molecular weight is 392 g/mol. The van der Waals surface area contributed by atoms with E-state index in [4.69, 9.17) is 14.2 Å². The van der Waals surface area contributed by atoms with Crippen molar-refractivity contribution in [2.75, 3.05) is 20.8 Å². The minimum absolute atomic E-state index is 0.0529. The maximum atomic E-state index is 12.1. The summed E-state index contributed by atoms with van der Waals surface area (Å²) < 4.78 is 15.5. The first-order chi connectivity index (χ1) is 13.0. The standard InChI is InChI=1S/C19H24N2O5S/c1-5-6-12(2)20-17(22)10-26-19(23)14-11-27-18(21-14)13-7-8-15(24-3)16(9-13)25-4/h7-9,11-12H,5-6,10H2,1-4H3,(H,20,22). The van der Waals surface area contributed by atoms with Gasteiger partial charge in [-0.1, -0.05) is 13.3 Å². The van der Waals surface area contributed by atoms with Crippen LogP contribution < -0.4 is 14.8 Å². The number of carbonyl (C=O) groups is 2. The van der Waals surface area contributed by atoms with E-state index in [1.54, 1.807) is 31.7 Å². The fourth-order valence-electron chi connectivity index (χ4n) is 2.50. The molecule has 1 amide bonds. The second-order valence-electron chi connectivity index (χ2n) is 5.94. The van der Waals surface area contributed by atoms with Crippen molar-refractivity contribution in [2.24, 2.45) is 0 Å². The summed E-state index contributed by atoms with van der Waals surface area (Å²) in [6.45, 7) is 3.63. The van der Waals surface area contributed by atoms with Gasteiger partial charge in [0.25, 0.3) is 5.91 Å². The van der Waals surface area contributed by atoms with Gasteiger partial charge in [-0.3, -0.25) is 4.79 Å². The Labute approximate surface area is 162 Å². The monoisotopic (exact) mass is 392 g/mol. The smallest absolute Gasteiger partial charge is 0.358 e. The molecule has 0 spiro atoms. The number of nitrogens with zero attached hydrogens (tertiary/aromatic N) is 1. The van der Waals surface area contributed by atoms with E-state index in [-0.39, 0.29) is 24.2 Å².